The van der Waals surface area contributed by atoms with E-state index >= 15 is 0 Å². The molecule has 3 heteroatoms. The van der Waals surface area contributed by atoms with Gasteiger partial charge in [0.1, 0.15) is 5.75 Å². The Labute approximate surface area is 179 Å². The predicted molar refractivity (Wildman–Crippen MR) is 119 cm³/mol. The minimum atomic E-state index is -0.338. The Morgan fingerprint density at radius 2 is 1.50 bits per heavy atom. The summed E-state index contributed by atoms with van der Waals surface area (Å²) in [7, 11) is 3.20. The first-order valence-electron chi connectivity index (χ1n) is 11.1. The number of methoxy groups -OCH3 is 2. The van der Waals surface area contributed by atoms with E-state index in [4.69, 9.17) is 4.74 Å². The van der Waals surface area contributed by atoms with Crippen LogP contribution in [-0.2, 0) is 14.9 Å². The molecule has 6 rings (SSSR count). The zero-order valence-corrected chi connectivity index (χ0v) is 17.9. The van der Waals surface area contributed by atoms with E-state index in [-0.39, 0.29) is 5.97 Å². The van der Waals surface area contributed by atoms with Crippen molar-refractivity contribution < 1.29 is 14.3 Å². The fraction of sp³-hybridized carbons (Fsp3) is 0.444. The van der Waals surface area contributed by atoms with Crippen molar-refractivity contribution in [3.8, 4) is 16.9 Å². The standard InChI is InChI=1S/C27H30O3/c1-29-25-9-8-23(22-6-3-18(4-7-22)5-10-26(28)30-2)14-24(25)27-15-19-11-20(16-27)13-21(12-19)17-27/h3-10,14,19-21H,11-13,15-17H2,1-2H3/b10-5+. The summed E-state index contributed by atoms with van der Waals surface area (Å²) in [6, 6.07) is 15.1. The topological polar surface area (TPSA) is 35.5 Å². The van der Waals surface area contributed by atoms with Crippen LogP contribution in [0.5, 0.6) is 5.75 Å². The van der Waals surface area contributed by atoms with Crippen molar-refractivity contribution in [1.29, 1.82) is 0 Å². The van der Waals surface area contributed by atoms with Crippen molar-refractivity contribution in [2.75, 3.05) is 14.2 Å². The molecule has 0 unspecified atom stereocenters. The molecule has 0 aromatic heterocycles. The molecule has 4 aliphatic rings. The lowest BCUT2D eigenvalue weighted by atomic mass is 9.48. The van der Waals surface area contributed by atoms with Gasteiger partial charge in [-0.05, 0) is 96.6 Å². The highest BCUT2D eigenvalue weighted by molar-refractivity contribution is 5.87. The average Bonchev–Trinajstić information content (AvgIpc) is 2.76. The molecule has 2 aromatic rings. The molecular formula is C27H30O3. The summed E-state index contributed by atoms with van der Waals surface area (Å²) in [5.74, 6) is 3.44. The van der Waals surface area contributed by atoms with Gasteiger partial charge in [-0.1, -0.05) is 30.3 Å². The Balaban J connectivity index is 1.47. The Morgan fingerprint density at radius 3 is 2.07 bits per heavy atom. The number of hydrogen-bond acceptors (Lipinski definition) is 3. The summed E-state index contributed by atoms with van der Waals surface area (Å²) >= 11 is 0. The second-order valence-electron chi connectivity index (χ2n) is 9.59. The smallest absolute Gasteiger partial charge is 0.330 e. The second kappa shape index (κ2) is 7.61. The molecule has 0 atom stereocenters. The Hall–Kier alpha value is -2.55. The van der Waals surface area contributed by atoms with Crippen LogP contribution in [0.15, 0.2) is 48.5 Å². The van der Waals surface area contributed by atoms with E-state index in [0.717, 1.165) is 29.1 Å². The first kappa shape index (κ1) is 19.4. The van der Waals surface area contributed by atoms with Gasteiger partial charge in [0.2, 0.25) is 0 Å². The molecule has 0 saturated heterocycles. The van der Waals surface area contributed by atoms with Gasteiger partial charge in [-0.2, -0.15) is 0 Å². The maximum absolute atomic E-state index is 11.3. The van der Waals surface area contributed by atoms with Crippen LogP contribution in [0.4, 0.5) is 0 Å². The van der Waals surface area contributed by atoms with Crippen LogP contribution in [0.1, 0.15) is 49.7 Å². The normalized spacial score (nSPS) is 29.3. The number of ether oxygens (including phenoxy) is 2. The quantitative estimate of drug-likeness (QED) is 0.453. The third-order valence-electron chi connectivity index (χ3n) is 7.67. The third-order valence-corrected chi connectivity index (χ3v) is 7.67. The van der Waals surface area contributed by atoms with Crippen LogP contribution >= 0.6 is 0 Å². The van der Waals surface area contributed by atoms with E-state index in [0.29, 0.717) is 5.41 Å². The van der Waals surface area contributed by atoms with Gasteiger partial charge >= 0.3 is 5.97 Å². The van der Waals surface area contributed by atoms with Crippen molar-refractivity contribution in [3.05, 3.63) is 59.7 Å². The maximum atomic E-state index is 11.3. The minimum Gasteiger partial charge on any atom is -0.496 e. The van der Waals surface area contributed by atoms with Gasteiger partial charge in [0.25, 0.3) is 0 Å². The van der Waals surface area contributed by atoms with Crippen LogP contribution in [0.25, 0.3) is 17.2 Å². The van der Waals surface area contributed by atoms with Gasteiger partial charge in [0.05, 0.1) is 14.2 Å². The molecule has 0 spiro atoms. The predicted octanol–water partition coefficient (Wildman–Crippen LogP) is 6.02. The Bertz CT molecular complexity index is 935. The fourth-order valence-electron chi connectivity index (χ4n) is 6.76. The fourth-order valence-corrected chi connectivity index (χ4v) is 6.76. The first-order valence-corrected chi connectivity index (χ1v) is 11.1. The Kier molecular flexibility index (Phi) is 4.92. The van der Waals surface area contributed by atoms with Crippen molar-refractivity contribution in [2.24, 2.45) is 17.8 Å². The van der Waals surface area contributed by atoms with Crippen LogP contribution < -0.4 is 4.74 Å². The van der Waals surface area contributed by atoms with E-state index in [2.05, 4.69) is 35.1 Å². The Morgan fingerprint density at radius 1 is 0.900 bits per heavy atom. The molecule has 0 heterocycles. The highest BCUT2D eigenvalue weighted by Crippen LogP contribution is 2.62. The summed E-state index contributed by atoms with van der Waals surface area (Å²) in [5.41, 5.74) is 5.15. The third kappa shape index (κ3) is 3.45. The van der Waals surface area contributed by atoms with Crippen LogP contribution in [0.3, 0.4) is 0 Å². The van der Waals surface area contributed by atoms with Gasteiger partial charge in [0.15, 0.2) is 0 Å². The summed E-state index contributed by atoms with van der Waals surface area (Å²) in [6.07, 6.45) is 11.6. The lowest BCUT2D eigenvalue weighted by molar-refractivity contribution is -0.134. The lowest BCUT2D eigenvalue weighted by Gasteiger charge is -2.57. The van der Waals surface area contributed by atoms with E-state index in [1.54, 1.807) is 13.2 Å². The number of esters is 1. The molecule has 0 N–H and O–H groups in total. The molecule has 4 bridgehead atoms. The summed E-state index contributed by atoms with van der Waals surface area (Å²) < 4.78 is 10.5. The monoisotopic (exact) mass is 402 g/mol. The number of benzene rings is 2. The van der Waals surface area contributed by atoms with E-state index < -0.39 is 0 Å². The van der Waals surface area contributed by atoms with Gasteiger partial charge in [-0.15, -0.1) is 0 Å². The lowest BCUT2D eigenvalue weighted by Crippen LogP contribution is -2.48. The SMILES string of the molecule is COC(=O)/C=C/c1ccc(-c2ccc(OC)c(C34CC5CC(CC(C5)C3)C4)c2)cc1. The van der Waals surface area contributed by atoms with Crippen LogP contribution in [-0.4, -0.2) is 20.2 Å². The van der Waals surface area contributed by atoms with Gasteiger partial charge in [-0.25, -0.2) is 4.79 Å². The van der Waals surface area contributed by atoms with Crippen molar-refractivity contribution >= 4 is 12.0 Å². The maximum Gasteiger partial charge on any atom is 0.330 e. The molecule has 4 saturated carbocycles. The molecule has 2 aromatic carbocycles. The minimum absolute atomic E-state index is 0.305. The molecule has 4 aliphatic carbocycles. The largest absolute Gasteiger partial charge is 0.496 e. The summed E-state index contributed by atoms with van der Waals surface area (Å²) in [5, 5.41) is 0. The molecule has 30 heavy (non-hydrogen) atoms. The number of hydrogen-bond donors (Lipinski definition) is 0. The molecule has 0 aliphatic heterocycles. The molecule has 0 amide bonds. The number of carbonyl (C=O) groups excluding carboxylic acids is 1. The van der Waals surface area contributed by atoms with Crippen molar-refractivity contribution in [1.82, 2.24) is 0 Å². The van der Waals surface area contributed by atoms with Crippen molar-refractivity contribution in [2.45, 2.75) is 43.9 Å². The molecule has 0 radical (unpaired) electrons. The first-order chi connectivity index (χ1) is 14.6. The molecular weight excluding hydrogens is 372 g/mol. The van der Waals surface area contributed by atoms with Gasteiger partial charge < -0.3 is 9.47 Å². The zero-order valence-electron chi connectivity index (χ0n) is 17.9. The zero-order chi connectivity index (χ0) is 20.7. The number of rotatable bonds is 5. The second-order valence-corrected chi connectivity index (χ2v) is 9.59. The summed E-state index contributed by atoms with van der Waals surface area (Å²) in [4.78, 5) is 11.3. The van der Waals surface area contributed by atoms with Crippen molar-refractivity contribution in [3.63, 3.8) is 0 Å². The van der Waals surface area contributed by atoms with Gasteiger partial charge in [-0.3, -0.25) is 0 Å². The van der Waals surface area contributed by atoms with E-state index in [1.807, 2.05) is 12.1 Å². The molecule has 156 valence electrons. The van der Waals surface area contributed by atoms with Crippen LogP contribution in [0, 0.1) is 17.8 Å². The highest BCUT2D eigenvalue weighted by atomic mass is 16.5. The molecule has 3 nitrogen and oxygen atoms in total. The summed E-state index contributed by atoms with van der Waals surface area (Å²) in [6.45, 7) is 0. The van der Waals surface area contributed by atoms with E-state index in [1.165, 1.54) is 68.4 Å². The van der Waals surface area contributed by atoms with Crippen LogP contribution in [0.2, 0.25) is 0 Å². The highest BCUT2D eigenvalue weighted by Gasteiger charge is 2.52. The number of carbonyl (C=O) groups is 1. The average molecular weight is 403 g/mol. The van der Waals surface area contributed by atoms with Gasteiger partial charge in [0, 0.05) is 11.6 Å². The molecule has 4 fully saturated rings. The van der Waals surface area contributed by atoms with E-state index in [9.17, 15) is 4.79 Å².